The summed E-state index contributed by atoms with van der Waals surface area (Å²) in [5, 5.41) is 0. The van der Waals surface area contributed by atoms with E-state index in [0.29, 0.717) is 18.9 Å². The molecule has 1 fully saturated rings. The molecule has 0 saturated carbocycles. The summed E-state index contributed by atoms with van der Waals surface area (Å²) in [7, 11) is 1.73. The van der Waals surface area contributed by atoms with Crippen molar-refractivity contribution in [1.82, 2.24) is 4.90 Å². The van der Waals surface area contributed by atoms with Gasteiger partial charge in [-0.1, -0.05) is 6.92 Å². The first-order valence-electron chi connectivity index (χ1n) is 6.19. The highest BCUT2D eigenvalue weighted by atomic mass is 16.5. The van der Waals surface area contributed by atoms with Crippen LogP contribution < -0.4 is 5.73 Å². The molecule has 1 amide bonds. The average Bonchev–Trinajstić information content (AvgIpc) is 2.30. The van der Waals surface area contributed by atoms with Gasteiger partial charge in [0, 0.05) is 26.6 Å². The van der Waals surface area contributed by atoms with E-state index in [-0.39, 0.29) is 12.0 Å². The quantitative estimate of drug-likeness (QED) is 0.714. The van der Waals surface area contributed by atoms with Gasteiger partial charge in [-0.05, 0) is 31.7 Å². The minimum atomic E-state index is 0.201. The maximum Gasteiger partial charge on any atom is 0.222 e. The Kier molecular flexibility index (Phi) is 5.77. The van der Waals surface area contributed by atoms with Crippen LogP contribution in [0.4, 0.5) is 0 Å². The van der Waals surface area contributed by atoms with Crippen LogP contribution in [0, 0.1) is 5.92 Å². The largest absolute Gasteiger partial charge is 0.379 e. The third-order valence-electron chi connectivity index (χ3n) is 3.39. The first kappa shape index (κ1) is 13.5. The van der Waals surface area contributed by atoms with Gasteiger partial charge in [0.05, 0.1) is 6.10 Å². The van der Waals surface area contributed by atoms with Gasteiger partial charge in [-0.15, -0.1) is 0 Å². The Labute approximate surface area is 98.1 Å². The van der Waals surface area contributed by atoms with Crippen molar-refractivity contribution in [2.75, 3.05) is 26.7 Å². The molecule has 1 saturated heterocycles. The predicted molar refractivity (Wildman–Crippen MR) is 64.1 cm³/mol. The molecule has 2 atom stereocenters. The molecule has 0 aliphatic carbocycles. The van der Waals surface area contributed by atoms with Gasteiger partial charge in [0.1, 0.15) is 0 Å². The van der Waals surface area contributed by atoms with Crippen molar-refractivity contribution >= 4 is 5.91 Å². The Hall–Kier alpha value is -0.610. The molecule has 1 heterocycles. The maximum absolute atomic E-state index is 11.9. The fourth-order valence-corrected chi connectivity index (χ4v) is 2.15. The summed E-state index contributed by atoms with van der Waals surface area (Å²) in [5.74, 6) is 0.806. The minimum absolute atomic E-state index is 0.201. The topological polar surface area (TPSA) is 55.6 Å². The molecule has 4 heteroatoms. The van der Waals surface area contributed by atoms with Gasteiger partial charge >= 0.3 is 0 Å². The maximum atomic E-state index is 11.9. The molecule has 0 aromatic rings. The lowest BCUT2D eigenvalue weighted by Gasteiger charge is -2.36. The zero-order chi connectivity index (χ0) is 12.0. The van der Waals surface area contributed by atoms with Crippen LogP contribution in [0.25, 0.3) is 0 Å². The zero-order valence-corrected chi connectivity index (χ0v) is 10.4. The van der Waals surface area contributed by atoms with Crippen LogP contribution in [0.15, 0.2) is 0 Å². The SMILES string of the molecule is COC1CN(C(=O)CCCCN)CCC1C. The highest BCUT2D eigenvalue weighted by Gasteiger charge is 2.28. The fraction of sp³-hybridized carbons (Fsp3) is 0.917. The normalized spacial score (nSPS) is 25.8. The number of hydrogen-bond acceptors (Lipinski definition) is 3. The minimum Gasteiger partial charge on any atom is -0.379 e. The number of likely N-dealkylation sites (tertiary alicyclic amines) is 1. The van der Waals surface area contributed by atoms with E-state index in [9.17, 15) is 4.79 Å². The van der Waals surface area contributed by atoms with E-state index in [1.54, 1.807) is 7.11 Å². The van der Waals surface area contributed by atoms with Gasteiger partial charge in [0.2, 0.25) is 5.91 Å². The van der Waals surface area contributed by atoms with Crippen LogP contribution in [0.2, 0.25) is 0 Å². The number of unbranched alkanes of at least 4 members (excludes halogenated alkanes) is 1. The Morgan fingerprint density at radius 1 is 1.50 bits per heavy atom. The molecule has 94 valence electrons. The molecule has 1 rings (SSSR count). The molecule has 2 N–H and O–H groups in total. The number of piperidine rings is 1. The third-order valence-corrected chi connectivity index (χ3v) is 3.39. The lowest BCUT2D eigenvalue weighted by Crippen LogP contribution is -2.46. The number of hydrogen-bond donors (Lipinski definition) is 1. The van der Waals surface area contributed by atoms with Gasteiger partial charge in [0.15, 0.2) is 0 Å². The molecule has 0 spiro atoms. The van der Waals surface area contributed by atoms with E-state index in [1.165, 1.54) is 0 Å². The van der Waals surface area contributed by atoms with Crippen LogP contribution >= 0.6 is 0 Å². The Morgan fingerprint density at radius 2 is 2.25 bits per heavy atom. The Bertz CT molecular complexity index is 221. The number of nitrogens with zero attached hydrogens (tertiary/aromatic N) is 1. The number of ether oxygens (including phenoxy) is 1. The summed E-state index contributed by atoms with van der Waals surface area (Å²) in [6.07, 6.45) is 3.71. The van der Waals surface area contributed by atoms with Gasteiger partial charge < -0.3 is 15.4 Å². The second-order valence-electron chi connectivity index (χ2n) is 4.63. The van der Waals surface area contributed by atoms with E-state index in [2.05, 4.69) is 6.92 Å². The van der Waals surface area contributed by atoms with Crippen molar-refractivity contribution in [3.05, 3.63) is 0 Å². The fourth-order valence-electron chi connectivity index (χ4n) is 2.15. The summed E-state index contributed by atoms with van der Waals surface area (Å²) in [6, 6.07) is 0. The second-order valence-corrected chi connectivity index (χ2v) is 4.63. The summed E-state index contributed by atoms with van der Waals surface area (Å²) in [5.41, 5.74) is 5.41. The molecule has 1 aliphatic heterocycles. The van der Waals surface area contributed by atoms with Gasteiger partial charge in [-0.2, -0.15) is 0 Å². The standard InChI is InChI=1S/C12H24N2O2/c1-10-6-8-14(9-11(10)16-2)12(15)5-3-4-7-13/h10-11H,3-9,13H2,1-2H3. The molecule has 1 aliphatic rings. The summed E-state index contributed by atoms with van der Waals surface area (Å²) >= 11 is 0. The predicted octanol–water partition coefficient (Wildman–Crippen LogP) is 0.999. The lowest BCUT2D eigenvalue weighted by atomic mass is 9.95. The Morgan fingerprint density at radius 3 is 2.88 bits per heavy atom. The molecule has 0 bridgehead atoms. The van der Waals surface area contributed by atoms with E-state index >= 15 is 0 Å². The number of methoxy groups -OCH3 is 1. The molecular formula is C12H24N2O2. The van der Waals surface area contributed by atoms with Crippen LogP contribution in [0.3, 0.4) is 0 Å². The highest BCUT2D eigenvalue weighted by Crippen LogP contribution is 2.20. The zero-order valence-electron chi connectivity index (χ0n) is 10.4. The Balaban J connectivity index is 2.33. The van der Waals surface area contributed by atoms with Crippen LogP contribution in [0.1, 0.15) is 32.6 Å². The van der Waals surface area contributed by atoms with Crippen LogP contribution in [-0.2, 0) is 9.53 Å². The van der Waals surface area contributed by atoms with Crippen molar-refractivity contribution in [1.29, 1.82) is 0 Å². The number of carbonyl (C=O) groups excluding carboxylic acids is 1. The smallest absolute Gasteiger partial charge is 0.222 e. The molecule has 0 radical (unpaired) electrons. The molecule has 2 unspecified atom stereocenters. The van der Waals surface area contributed by atoms with Crippen molar-refractivity contribution in [2.24, 2.45) is 11.7 Å². The van der Waals surface area contributed by atoms with Gasteiger partial charge in [-0.25, -0.2) is 0 Å². The number of amides is 1. The van der Waals surface area contributed by atoms with Crippen molar-refractivity contribution in [3.63, 3.8) is 0 Å². The summed E-state index contributed by atoms with van der Waals surface area (Å²) < 4.78 is 5.40. The lowest BCUT2D eigenvalue weighted by molar-refractivity contribution is -0.136. The van der Waals surface area contributed by atoms with E-state index in [4.69, 9.17) is 10.5 Å². The molecule has 0 aromatic heterocycles. The number of rotatable bonds is 5. The first-order chi connectivity index (χ1) is 7.69. The number of nitrogens with two attached hydrogens (primary N) is 1. The van der Waals surface area contributed by atoms with Gasteiger partial charge in [0.25, 0.3) is 0 Å². The van der Waals surface area contributed by atoms with E-state index < -0.39 is 0 Å². The van der Waals surface area contributed by atoms with Crippen molar-refractivity contribution in [2.45, 2.75) is 38.7 Å². The van der Waals surface area contributed by atoms with E-state index in [1.807, 2.05) is 4.90 Å². The van der Waals surface area contributed by atoms with Crippen LogP contribution in [0.5, 0.6) is 0 Å². The van der Waals surface area contributed by atoms with Crippen molar-refractivity contribution in [3.8, 4) is 0 Å². The monoisotopic (exact) mass is 228 g/mol. The van der Waals surface area contributed by atoms with Gasteiger partial charge in [-0.3, -0.25) is 4.79 Å². The molecule has 16 heavy (non-hydrogen) atoms. The first-order valence-corrected chi connectivity index (χ1v) is 6.19. The van der Waals surface area contributed by atoms with Crippen LogP contribution in [-0.4, -0.2) is 43.7 Å². The van der Waals surface area contributed by atoms with Crippen molar-refractivity contribution < 1.29 is 9.53 Å². The second kappa shape index (κ2) is 6.86. The average molecular weight is 228 g/mol. The molecule has 0 aromatic carbocycles. The third kappa shape index (κ3) is 3.76. The molecular weight excluding hydrogens is 204 g/mol. The highest BCUT2D eigenvalue weighted by molar-refractivity contribution is 5.76. The number of carbonyl (C=O) groups is 1. The summed E-state index contributed by atoms with van der Waals surface area (Å²) in [4.78, 5) is 13.8. The van der Waals surface area contributed by atoms with E-state index in [0.717, 1.165) is 32.4 Å². The molecule has 4 nitrogen and oxygen atoms in total. The summed E-state index contributed by atoms with van der Waals surface area (Å²) in [6.45, 7) is 4.48.